The predicted octanol–water partition coefficient (Wildman–Crippen LogP) is 3.39. The average Bonchev–Trinajstić information content (AvgIpc) is 2.31. The van der Waals surface area contributed by atoms with Crippen molar-refractivity contribution in [1.82, 2.24) is 0 Å². The molecule has 0 amide bonds. The van der Waals surface area contributed by atoms with E-state index in [-0.39, 0.29) is 0 Å². The number of rotatable bonds is 3. The molecule has 0 fully saturated rings. The van der Waals surface area contributed by atoms with E-state index in [1.165, 1.54) is 25.7 Å². The zero-order valence-electron chi connectivity index (χ0n) is 7.14. The Hall–Kier alpha value is -0.260. The van der Waals surface area contributed by atoms with Crippen molar-refractivity contribution in [3.8, 4) is 0 Å². The fraction of sp³-hybridized carbons (Fsp3) is 0.800. The summed E-state index contributed by atoms with van der Waals surface area (Å²) in [5.41, 5.74) is 0. The van der Waals surface area contributed by atoms with Gasteiger partial charge in [-0.1, -0.05) is 38.8 Å². The maximum atomic E-state index is 2.40. The molecular formula is C10H18. The van der Waals surface area contributed by atoms with Gasteiger partial charge in [0.15, 0.2) is 0 Å². The first-order valence-corrected chi connectivity index (χ1v) is 4.51. The van der Waals surface area contributed by atoms with E-state index in [1.54, 1.807) is 0 Å². The second-order valence-electron chi connectivity index (χ2n) is 3.45. The second kappa shape index (κ2) is 3.80. The summed E-state index contributed by atoms with van der Waals surface area (Å²) in [6, 6.07) is 0. The zero-order chi connectivity index (χ0) is 7.40. The largest absolute Gasteiger partial charge is 0.0880 e. The van der Waals surface area contributed by atoms with Gasteiger partial charge in [0.2, 0.25) is 0 Å². The van der Waals surface area contributed by atoms with Gasteiger partial charge in [-0.25, -0.2) is 0 Å². The molecule has 0 nitrogen and oxygen atoms in total. The van der Waals surface area contributed by atoms with Gasteiger partial charge in [-0.05, 0) is 24.7 Å². The molecule has 0 bridgehead atoms. The Morgan fingerprint density at radius 1 is 1.50 bits per heavy atom. The minimum atomic E-state index is 0.903. The van der Waals surface area contributed by atoms with Crippen LogP contribution in [0.15, 0.2) is 12.2 Å². The van der Waals surface area contributed by atoms with Crippen LogP contribution in [0.5, 0.6) is 0 Å². The predicted molar refractivity (Wildman–Crippen MR) is 45.9 cm³/mol. The van der Waals surface area contributed by atoms with Crippen LogP contribution in [0, 0.1) is 11.8 Å². The Balaban J connectivity index is 2.20. The molecule has 0 radical (unpaired) electrons. The van der Waals surface area contributed by atoms with Gasteiger partial charge in [-0.15, -0.1) is 0 Å². The summed E-state index contributed by atoms with van der Waals surface area (Å²) in [5, 5.41) is 0. The van der Waals surface area contributed by atoms with E-state index in [0.717, 1.165) is 11.8 Å². The molecule has 0 heteroatoms. The molecule has 2 unspecified atom stereocenters. The van der Waals surface area contributed by atoms with E-state index in [0.29, 0.717) is 0 Å². The second-order valence-corrected chi connectivity index (χ2v) is 3.45. The van der Waals surface area contributed by atoms with E-state index in [2.05, 4.69) is 26.0 Å². The monoisotopic (exact) mass is 138 g/mol. The number of hydrogen-bond acceptors (Lipinski definition) is 0. The van der Waals surface area contributed by atoms with Crippen molar-refractivity contribution in [2.75, 3.05) is 0 Å². The highest BCUT2D eigenvalue weighted by Crippen LogP contribution is 2.28. The molecule has 2 atom stereocenters. The quantitative estimate of drug-likeness (QED) is 0.524. The van der Waals surface area contributed by atoms with Crippen molar-refractivity contribution in [3.05, 3.63) is 12.2 Å². The van der Waals surface area contributed by atoms with Crippen LogP contribution in [0.1, 0.15) is 39.5 Å². The van der Waals surface area contributed by atoms with E-state index < -0.39 is 0 Å². The SMILES string of the molecule is CCCCC1C=CCC1C. The van der Waals surface area contributed by atoms with Crippen LogP contribution in [-0.4, -0.2) is 0 Å². The Labute approximate surface area is 64.3 Å². The molecule has 0 saturated carbocycles. The smallest absolute Gasteiger partial charge is 0.0205 e. The Morgan fingerprint density at radius 2 is 2.30 bits per heavy atom. The fourth-order valence-corrected chi connectivity index (χ4v) is 1.65. The Morgan fingerprint density at radius 3 is 2.80 bits per heavy atom. The minimum Gasteiger partial charge on any atom is -0.0880 e. The molecule has 1 aliphatic carbocycles. The first kappa shape index (κ1) is 7.84. The highest BCUT2D eigenvalue weighted by molar-refractivity contribution is 4.99. The van der Waals surface area contributed by atoms with Gasteiger partial charge < -0.3 is 0 Å². The Kier molecular flexibility index (Phi) is 2.98. The summed E-state index contributed by atoms with van der Waals surface area (Å²) in [6.07, 6.45) is 10.2. The van der Waals surface area contributed by atoms with Crippen LogP contribution in [-0.2, 0) is 0 Å². The highest BCUT2D eigenvalue weighted by atomic mass is 14.2. The normalized spacial score (nSPS) is 31.4. The van der Waals surface area contributed by atoms with Crippen molar-refractivity contribution >= 4 is 0 Å². The molecule has 1 rings (SSSR count). The third-order valence-corrected chi connectivity index (χ3v) is 2.51. The van der Waals surface area contributed by atoms with E-state index in [4.69, 9.17) is 0 Å². The molecule has 0 heterocycles. The van der Waals surface area contributed by atoms with E-state index in [9.17, 15) is 0 Å². The lowest BCUT2D eigenvalue weighted by Gasteiger charge is -2.12. The van der Waals surface area contributed by atoms with Gasteiger partial charge in [0.1, 0.15) is 0 Å². The summed E-state index contributed by atoms with van der Waals surface area (Å²) < 4.78 is 0. The lowest BCUT2D eigenvalue weighted by atomic mass is 9.93. The molecule has 0 aliphatic heterocycles. The van der Waals surface area contributed by atoms with E-state index in [1.807, 2.05) is 0 Å². The number of unbranched alkanes of at least 4 members (excludes halogenated alkanes) is 1. The molecule has 0 saturated heterocycles. The molecule has 1 aliphatic rings. The van der Waals surface area contributed by atoms with Gasteiger partial charge in [-0.2, -0.15) is 0 Å². The summed E-state index contributed by atoms with van der Waals surface area (Å²) in [7, 11) is 0. The van der Waals surface area contributed by atoms with Crippen LogP contribution in [0.2, 0.25) is 0 Å². The Bertz CT molecular complexity index is 113. The van der Waals surface area contributed by atoms with E-state index >= 15 is 0 Å². The minimum absolute atomic E-state index is 0.903. The van der Waals surface area contributed by atoms with Crippen molar-refractivity contribution in [3.63, 3.8) is 0 Å². The third kappa shape index (κ3) is 1.86. The molecule has 10 heavy (non-hydrogen) atoms. The van der Waals surface area contributed by atoms with Crippen molar-refractivity contribution in [1.29, 1.82) is 0 Å². The first-order chi connectivity index (χ1) is 4.84. The topological polar surface area (TPSA) is 0 Å². The molecule has 0 N–H and O–H groups in total. The standard InChI is InChI=1S/C10H18/c1-3-4-7-10-8-5-6-9(10)2/h5,8-10H,3-4,6-7H2,1-2H3. The average molecular weight is 138 g/mol. The van der Waals surface area contributed by atoms with Crippen molar-refractivity contribution in [2.45, 2.75) is 39.5 Å². The van der Waals surface area contributed by atoms with Crippen LogP contribution < -0.4 is 0 Å². The lowest BCUT2D eigenvalue weighted by molar-refractivity contribution is 0.421. The molecule has 0 aromatic carbocycles. The number of hydrogen-bond donors (Lipinski definition) is 0. The summed E-state index contributed by atoms with van der Waals surface area (Å²) in [5.74, 6) is 1.83. The van der Waals surface area contributed by atoms with Gasteiger partial charge in [0.25, 0.3) is 0 Å². The molecule has 0 aromatic heterocycles. The van der Waals surface area contributed by atoms with Gasteiger partial charge in [-0.3, -0.25) is 0 Å². The zero-order valence-corrected chi connectivity index (χ0v) is 7.14. The van der Waals surface area contributed by atoms with Crippen LogP contribution in [0.3, 0.4) is 0 Å². The number of allylic oxidation sites excluding steroid dienone is 2. The molecule has 0 aromatic rings. The molecule has 0 spiro atoms. The van der Waals surface area contributed by atoms with Crippen molar-refractivity contribution in [2.24, 2.45) is 11.8 Å². The maximum absolute atomic E-state index is 2.40. The third-order valence-electron chi connectivity index (χ3n) is 2.51. The molecular weight excluding hydrogens is 120 g/mol. The summed E-state index contributed by atoms with van der Waals surface area (Å²) in [4.78, 5) is 0. The van der Waals surface area contributed by atoms with Gasteiger partial charge >= 0.3 is 0 Å². The summed E-state index contributed by atoms with van der Waals surface area (Å²) in [6.45, 7) is 4.63. The molecule has 58 valence electrons. The van der Waals surface area contributed by atoms with Crippen LogP contribution in [0.25, 0.3) is 0 Å². The fourth-order valence-electron chi connectivity index (χ4n) is 1.65. The van der Waals surface area contributed by atoms with Gasteiger partial charge in [0.05, 0.1) is 0 Å². The van der Waals surface area contributed by atoms with Crippen molar-refractivity contribution < 1.29 is 0 Å². The first-order valence-electron chi connectivity index (χ1n) is 4.51. The van der Waals surface area contributed by atoms with Crippen LogP contribution >= 0.6 is 0 Å². The summed E-state index contributed by atoms with van der Waals surface area (Å²) >= 11 is 0. The van der Waals surface area contributed by atoms with Gasteiger partial charge in [0, 0.05) is 0 Å². The van der Waals surface area contributed by atoms with Crippen LogP contribution in [0.4, 0.5) is 0 Å². The maximum Gasteiger partial charge on any atom is -0.0205 e. The highest BCUT2D eigenvalue weighted by Gasteiger charge is 2.16. The lowest BCUT2D eigenvalue weighted by Crippen LogP contribution is -2.02.